The van der Waals surface area contributed by atoms with E-state index >= 15 is 0 Å². The van der Waals surface area contributed by atoms with E-state index in [1.807, 2.05) is 30.3 Å². The minimum atomic E-state index is -0.352. The minimum absolute atomic E-state index is 0.0948. The smallest absolute Gasteiger partial charge is 0.218 e. The Balaban J connectivity index is 2.22. The monoisotopic (exact) mass is 282 g/mol. The average molecular weight is 282 g/mol. The molecular weight excluding hydrogens is 260 g/mol. The molecule has 0 radical (unpaired) electrons. The number of primary amides is 1. The van der Waals surface area contributed by atoms with Crippen molar-refractivity contribution in [3.63, 3.8) is 0 Å². The first kappa shape index (κ1) is 15.3. The topological polar surface area (TPSA) is 69.1 Å². The number of rotatable bonds is 6. The van der Waals surface area contributed by atoms with Crippen LogP contribution in [-0.4, -0.2) is 11.9 Å². The Labute approximate surface area is 126 Å². The van der Waals surface area contributed by atoms with Crippen molar-refractivity contribution in [3.8, 4) is 0 Å². The third-order valence-corrected chi connectivity index (χ3v) is 3.86. The zero-order valence-electron chi connectivity index (χ0n) is 12.3. The van der Waals surface area contributed by atoms with Gasteiger partial charge in [-0.05, 0) is 29.0 Å². The molecule has 2 unspecified atom stereocenters. The zero-order chi connectivity index (χ0) is 15.2. The van der Waals surface area contributed by atoms with Crippen LogP contribution in [0.2, 0.25) is 0 Å². The quantitative estimate of drug-likeness (QED) is 0.855. The van der Waals surface area contributed by atoms with Gasteiger partial charge in [-0.15, -0.1) is 0 Å². The van der Waals surface area contributed by atoms with E-state index in [1.54, 1.807) is 0 Å². The molecule has 0 fully saturated rings. The molecule has 4 N–H and O–H groups in total. The van der Waals surface area contributed by atoms with E-state index < -0.39 is 0 Å². The van der Waals surface area contributed by atoms with E-state index in [1.165, 1.54) is 16.7 Å². The second-order valence-electron chi connectivity index (χ2n) is 5.48. The Hall–Kier alpha value is -2.13. The van der Waals surface area contributed by atoms with Crippen LogP contribution in [0.15, 0.2) is 54.6 Å². The van der Waals surface area contributed by atoms with Crippen LogP contribution in [0.1, 0.15) is 36.0 Å². The van der Waals surface area contributed by atoms with Crippen LogP contribution >= 0.6 is 0 Å². The molecule has 0 bridgehead atoms. The highest BCUT2D eigenvalue weighted by molar-refractivity contribution is 5.74. The fourth-order valence-corrected chi connectivity index (χ4v) is 2.59. The summed E-state index contributed by atoms with van der Waals surface area (Å²) in [5.74, 6) is -0.257. The van der Waals surface area contributed by atoms with Gasteiger partial charge in [0, 0.05) is 12.5 Å². The molecule has 3 nitrogen and oxygen atoms in total. The van der Waals surface area contributed by atoms with Gasteiger partial charge in [-0.1, -0.05) is 61.5 Å². The molecule has 2 aromatic rings. The van der Waals surface area contributed by atoms with Crippen LogP contribution in [0.5, 0.6) is 0 Å². The Kier molecular flexibility index (Phi) is 5.12. The molecule has 2 rings (SSSR count). The molecule has 0 saturated carbocycles. The summed E-state index contributed by atoms with van der Waals surface area (Å²) in [5.41, 5.74) is 15.1. The number of benzene rings is 2. The van der Waals surface area contributed by atoms with E-state index in [0.717, 1.165) is 6.42 Å². The number of carbonyl (C=O) groups is 1. The van der Waals surface area contributed by atoms with Crippen molar-refractivity contribution in [2.75, 3.05) is 0 Å². The largest absolute Gasteiger partial charge is 0.370 e. The maximum atomic E-state index is 11.1. The Bertz CT molecular complexity index is 595. The van der Waals surface area contributed by atoms with Gasteiger partial charge in [0.25, 0.3) is 0 Å². The van der Waals surface area contributed by atoms with Crippen molar-refractivity contribution in [2.45, 2.75) is 31.7 Å². The Morgan fingerprint density at radius 2 is 1.67 bits per heavy atom. The molecular formula is C18H22N2O. The predicted molar refractivity (Wildman–Crippen MR) is 85.9 cm³/mol. The van der Waals surface area contributed by atoms with Gasteiger partial charge < -0.3 is 11.5 Å². The molecule has 21 heavy (non-hydrogen) atoms. The second-order valence-corrected chi connectivity index (χ2v) is 5.48. The maximum absolute atomic E-state index is 11.1. The molecule has 3 heteroatoms. The van der Waals surface area contributed by atoms with Crippen molar-refractivity contribution in [3.05, 3.63) is 71.3 Å². The van der Waals surface area contributed by atoms with Crippen LogP contribution in [-0.2, 0) is 11.2 Å². The molecule has 0 heterocycles. The van der Waals surface area contributed by atoms with Crippen LogP contribution < -0.4 is 11.5 Å². The van der Waals surface area contributed by atoms with Gasteiger partial charge in [-0.25, -0.2) is 0 Å². The zero-order valence-corrected chi connectivity index (χ0v) is 12.3. The lowest BCUT2D eigenvalue weighted by Gasteiger charge is -2.22. The fourth-order valence-electron chi connectivity index (χ4n) is 2.59. The van der Waals surface area contributed by atoms with E-state index in [2.05, 4.69) is 31.2 Å². The lowest BCUT2D eigenvalue weighted by molar-refractivity contribution is -0.118. The van der Waals surface area contributed by atoms with Gasteiger partial charge >= 0.3 is 0 Å². The fraction of sp³-hybridized carbons (Fsp3) is 0.278. The summed E-state index contributed by atoms with van der Waals surface area (Å²) in [4.78, 5) is 11.1. The summed E-state index contributed by atoms with van der Waals surface area (Å²) < 4.78 is 0. The number of amides is 1. The number of hydrogen-bond donors (Lipinski definition) is 2. The average Bonchev–Trinajstić information content (AvgIpc) is 2.47. The number of carbonyl (C=O) groups excluding carboxylic acids is 1. The summed E-state index contributed by atoms with van der Waals surface area (Å²) >= 11 is 0. The van der Waals surface area contributed by atoms with Crippen molar-refractivity contribution in [2.24, 2.45) is 11.5 Å². The van der Waals surface area contributed by atoms with Gasteiger partial charge in [0.15, 0.2) is 0 Å². The molecule has 0 spiro atoms. The SMILES string of the molecule is CC(c1ccccc1Cc1ccccc1)C(N)CC(N)=O. The summed E-state index contributed by atoms with van der Waals surface area (Å²) in [7, 11) is 0. The molecule has 110 valence electrons. The molecule has 2 aromatic carbocycles. The number of hydrogen-bond acceptors (Lipinski definition) is 2. The highest BCUT2D eigenvalue weighted by Gasteiger charge is 2.19. The minimum Gasteiger partial charge on any atom is -0.370 e. The van der Waals surface area contributed by atoms with E-state index in [-0.39, 0.29) is 24.3 Å². The lowest BCUT2D eigenvalue weighted by Crippen LogP contribution is -2.32. The predicted octanol–water partition coefficient (Wildman–Crippen LogP) is 2.58. The van der Waals surface area contributed by atoms with Crippen LogP contribution in [0, 0.1) is 0 Å². The van der Waals surface area contributed by atoms with Gasteiger partial charge in [-0.3, -0.25) is 4.79 Å². The first-order valence-electron chi connectivity index (χ1n) is 7.23. The lowest BCUT2D eigenvalue weighted by atomic mass is 9.86. The molecule has 0 aliphatic carbocycles. The highest BCUT2D eigenvalue weighted by Crippen LogP contribution is 2.25. The van der Waals surface area contributed by atoms with Crippen LogP contribution in [0.4, 0.5) is 0 Å². The highest BCUT2D eigenvalue weighted by atomic mass is 16.1. The molecule has 1 amide bonds. The van der Waals surface area contributed by atoms with Gasteiger partial charge in [0.1, 0.15) is 0 Å². The normalized spacial score (nSPS) is 13.6. The van der Waals surface area contributed by atoms with Gasteiger partial charge in [-0.2, -0.15) is 0 Å². The Morgan fingerprint density at radius 3 is 2.33 bits per heavy atom. The maximum Gasteiger partial charge on any atom is 0.218 e. The number of nitrogens with two attached hydrogens (primary N) is 2. The summed E-state index contributed by atoms with van der Waals surface area (Å²) in [6.45, 7) is 2.05. The standard InChI is InChI=1S/C18H22N2O/c1-13(17(19)12-18(20)21)16-10-6-5-9-15(16)11-14-7-3-2-4-8-14/h2-10,13,17H,11-12,19H2,1H3,(H2,20,21). The Morgan fingerprint density at radius 1 is 1.05 bits per heavy atom. The van der Waals surface area contributed by atoms with Gasteiger partial charge in [0.05, 0.1) is 0 Å². The third-order valence-electron chi connectivity index (χ3n) is 3.86. The van der Waals surface area contributed by atoms with Gasteiger partial charge in [0.2, 0.25) is 5.91 Å². The van der Waals surface area contributed by atoms with Crippen molar-refractivity contribution in [1.82, 2.24) is 0 Å². The summed E-state index contributed by atoms with van der Waals surface area (Å²) in [5, 5.41) is 0. The molecule has 0 saturated heterocycles. The van der Waals surface area contributed by atoms with E-state index in [0.29, 0.717) is 0 Å². The van der Waals surface area contributed by atoms with Crippen molar-refractivity contribution >= 4 is 5.91 Å². The molecule has 0 aliphatic heterocycles. The van der Waals surface area contributed by atoms with E-state index in [9.17, 15) is 4.79 Å². The molecule has 0 aromatic heterocycles. The van der Waals surface area contributed by atoms with Crippen LogP contribution in [0.25, 0.3) is 0 Å². The first-order chi connectivity index (χ1) is 10.1. The van der Waals surface area contributed by atoms with E-state index in [4.69, 9.17) is 11.5 Å². The van der Waals surface area contributed by atoms with Crippen molar-refractivity contribution in [1.29, 1.82) is 0 Å². The molecule has 2 atom stereocenters. The summed E-state index contributed by atoms with van der Waals surface area (Å²) in [6, 6.07) is 18.3. The second kappa shape index (κ2) is 7.04. The summed E-state index contributed by atoms with van der Waals surface area (Å²) in [6.07, 6.45) is 1.07. The van der Waals surface area contributed by atoms with Crippen LogP contribution in [0.3, 0.4) is 0 Å². The molecule has 0 aliphatic rings. The first-order valence-corrected chi connectivity index (χ1v) is 7.23. The third kappa shape index (κ3) is 4.17. The van der Waals surface area contributed by atoms with Crippen molar-refractivity contribution < 1.29 is 4.79 Å².